The lowest BCUT2D eigenvalue weighted by atomic mass is 10.2. The van der Waals surface area contributed by atoms with E-state index in [2.05, 4.69) is 46.9 Å². The van der Waals surface area contributed by atoms with Crippen LogP contribution in [0, 0.1) is 3.57 Å². The van der Waals surface area contributed by atoms with Gasteiger partial charge in [0.15, 0.2) is 5.82 Å². The average molecular weight is 397 g/mol. The van der Waals surface area contributed by atoms with Crippen molar-refractivity contribution >= 4 is 28.4 Å². The van der Waals surface area contributed by atoms with Gasteiger partial charge in [-0.15, -0.1) is 0 Å². The second-order valence-electron chi connectivity index (χ2n) is 5.34. The highest BCUT2D eigenvalue weighted by atomic mass is 127. The maximum atomic E-state index is 4.84. The maximum absolute atomic E-state index is 4.84. The van der Waals surface area contributed by atoms with Gasteiger partial charge in [-0.1, -0.05) is 6.92 Å². The number of aromatic nitrogens is 4. The summed E-state index contributed by atoms with van der Waals surface area (Å²) in [5.41, 5.74) is 2.20. The molecule has 1 fully saturated rings. The number of nitrogens with zero attached hydrogens (tertiary/aromatic N) is 4. The summed E-state index contributed by atoms with van der Waals surface area (Å²) in [6, 6.07) is 2.00. The van der Waals surface area contributed by atoms with Crippen LogP contribution in [0.1, 0.15) is 44.7 Å². The van der Waals surface area contributed by atoms with E-state index in [1.54, 1.807) is 0 Å². The second-order valence-corrected chi connectivity index (χ2v) is 6.42. The molecule has 2 aromatic heterocycles. The molecule has 5 nitrogen and oxygen atoms in total. The Morgan fingerprint density at radius 3 is 2.81 bits per heavy atom. The Morgan fingerprint density at radius 1 is 1.33 bits per heavy atom. The molecular weight excluding hydrogens is 377 g/mol. The molecule has 0 bridgehead atoms. The van der Waals surface area contributed by atoms with Crippen molar-refractivity contribution in [3.05, 3.63) is 21.5 Å². The molecule has 0 aromatic carbocycles. The lowest BCUT2D eigenvalue weighted by molar-refractivity contribution is 0.606. The van der Waals surface area contributed by atoms with Crippen LogP contribution in [0.25, 0.3) is 11.5 Å². The van der Waals surface area contributed by atoms with Crippen molar-refractivity contribution < 1.29 is 0 Å². The van der Waals surface area contributed by atoms with Crippen LogP contribution in [-0.4, -0.2) is 26.3 Å². The number of anilines is 1. The molecule has 112 valence electrons. The molecule has 1 aliphatic carbocycles. The molecule has 1 aliphatic rings. The molecule has 0 amide bonds. The Hall–Kier alpha value is -1.18. The van der Waals surface area contributed by atoms with Crippen molar-refractivity contribution in [1.82, 2.24) is 19.7 Å². The van der Waals surface area contributed by atoms with Crippen LogP contribution in [0.5, 0.6) is 0 Å². The number of halogens is 1. The van der Waals surface area contributed by atoms with E-state index >= 15 is 0 Å². The van der Waals surface area contributed by atoms with Gasteiger partial charge in [-0.3, -0.25) is 4.68 Å². The molecule has 0 saturated heterocycles. The van der Waals surface area contributed by atoms with E-state index in [1.807, 2.05) is 16.9 Å². The van der Waals surface area contributed by atoms with Crippen molar-refractivity contribution in [2.75, 3.05) is 11.9 Å². The molecule has 6 heteroatoms. The summed E-state index contributed by atoms with van der Waals surface area (Å²) in [6.07, 6.45) is 5.36. The molecule has 3 rings (SSSR count). The molecule has 2 aromatic rings. The van der Waals surface area contributed by atoms with Gasteiger partial charge in [-0.05, 0) is 54.8 Å². The normalized spacial score (nSPS) is 14.4. The SMILES string of the molecule is CCCn1nccc1-c1nc(NCC)c(I)c(C2CC2)n1. The van der Waals surface area contributed by atoms with Crippen LogP contribution in [0.2, 0.25) is 0 Å². The third kappa shape index (κ3) is 3.04. The number of hydrogen-bond donors (Lipinski definition) is 1. The molecule has 2 heterocycles. The molecule has 0 radical (unpaired) electrons. The Balaban J connectivity index is 2.06. The topological polar surface area (TPSA) is 55.6 Å². The Morgan fingerprint density at radius 2 is 2.14 bits per heavy atom. The van der Waals surface area contributed by atoms with Crippen LogP contribution in [-0.2, 0) is 6.54 Å². The smallest absolute Gasteiger partial charge is 0.180 e. The first-order chi connectivity index (χ1) is 10.2. The van der Waals surface area contributed by atoms with Gasteiger partial charge >= 0.3 is 0 Å². The van der Waals surface area contributed by atoms with Gasteiger partial charge in [-0.2, -0.15) is 5.10 Å². The van der Waals surface area contributed by atoms with Gasteiger partial charge in [0, 0.05) is 25.2 Å². The second kappa shape index (κ2) is 6.29. The minimum absolute atomic E-state index is 0.610. The van der Waals surface area contributed by atoms with Gasteiger partial charge < -0.3 is 5.32 Å². The number of nitrogens with one attached hydrogen (secondary N) is 1. The van der Waals surface area contributed by atoms with E-state index in [0.29, 0.717) is 5.92 Å². The zero-order valence-corrected chi connectivity index (χ0v) is 14.6. The summed E-state index contributed by atoms with van der Waals surface area (Å²) < 4.78 is 3.16. The Kier molecular flexibility index (Phi) is 4.42. The fourth-order valence-electron chi connectivity index (χ4n) is 2.40. The van der Waals surface area contributed by atoms with E-state index < -0.39 is 0 Å². The monoisotopic (exact) mass is 397 g/mol. The van der Waals surface area contributed by atoms with Crippen molar-refractivity contribution in [2.24, 2.45) is 0 Å². The third-order valence-electron chi connectivity index (χ3n) is 3.57. The van der Waals surface area contributed by atoms with E-state index in [0.717, 1.165) is 36.8 Å². The molecule has 0 unspecified atom stereocenters. The fraction of sp³-hybridized carbons (Fsp3) is 0.533. The maximum Gasteiger partial charge on any atom is 0.180 e. The first-order valence-electron chi connectivity index (χ1n) is 7.58. The van der Waals surface area contributed by atoms with Crippen LogP contribution < -0.4 is 5.32 Å². The Bertz CT molecular complexity index is 633. The lowest BCUT2D eigenvalue weighted by Gasteiger charge is -2.12. The zero-order chi connectivity index (χ0) is 14.8. The first-order valence-corrected chi connectivity index (χ1v) is 8.66. The minimum atomic E-state index is 0.610. The summed E-state index contributed by atoms with van der Waals surface area (Å²) in [7, 11) is 0. The van der Waals surface area contributed by atoms with Gasteiger partial charge in [-0.25, -0.2) is 9.97 Å². The number of rotatable bonds is 6. The van der Waals surface area contributed by atoms with E-state index in [1.165, 1.54) is 22.1 Å². The summed E-state index contributed by atoms with van der Waals surface area (Å²) >= 11 is 2.37. The molecule has 1 N–H and O–H groups in total. The third-order valence-corrected chi connectivity index (χ3v) is 4.63. The molecule has 21 heavy (non-hydrogen) atoms. The highest BCUT2D eigenvalue weighted by Gasteiger charge is 2.29. The van der Waals surface area contributed by atoms with Crippen LogP contribution >= 0.6 is 22.6 Å². The van der Waals surface area contributed by atoms with E-state index in [4.69, 9.17) is 9.97 Å². The van der Waals surface area contributed by atoms with Gasteiger partial charge in [0.25, 0.3) is 0 Å². The van der Waals surface area contributed by atoms with Gasteiger partial charge in [0.05, 0.1) is 9.26 Å². The van der Waals surface area contributed by atoms with Crippen molar-refractivity contribution in [1.29, 1.82) is 0 Å². The molecule has 0 aliphatic heterocycles. The highest BCUT2D eigenvalue weighted by molar-refractivity contribution is 14.1. The van der Waals surface area contributed by atoms with E-state index in [-0.39, 0.29) is 0 Å². The molecule has 0 spiro atoms. The largest absolute Gasteiger partial charge is 0.369 e. The molecule has 1 saturated carbocycles. The fourth-order valence-corrected chi connectivity index (χ4v) is 3.28. The number of hydrogen-bond acceptors (Lipinski definition) is 4. The predicted octanol–water partition coefficient (Wildman–Crippen LogP) is 3.66. The van der Waals surface area contributed by atoms with Gasteiger partial charge in [0.1, 0.15) is 11.5 Å². The van der Waals surface area contributed by atoms with Crippen LogP contribution in [0.4, 0.5) is 5.82 Å². The summed E-state index contributed by atoms with van der Waals surface area (Å²) in [6.45, 7) is 6.01. The Labute approximate surface area is 138 Å². The van der Waals surface area contributed by atoms with Crippen molar-refractivity contribution in [2.45, 2.75) is 45.6 Å². The predicted molar refractivity (Wildman–Crippen MR) is 92.4 cm³/mol. The summed E-state index contributed by atoms with van der Waals surface area (Å²) in [4.78, 5) is 9.57. The average Bonchev–Trinajstić information content (AvgIpc) is 3.21. The van der Waals surface area contributed by atoms with Gasteiger partial charge in [0.2, 0.25) is 0 Å². The number of aryl methyl sites for hydroxylation is 1. The summed E-state index contributed by atoms with van der Waals surface area (Å²) in [5, 5.41) is 7.75. The molecule has 0 atom stereocenters. The summed E-state index contributed by atoms with van der Waals surface area (Å²) in [5.74, 6) is 2.35. The van der Waals surface area contributed by atoms with Crippen molar-refractivity contribution in [3.63, 3.8) is 0 Å². The van der Waals surface area contributed by atoms with Crippen LogP contribution in [0.15, 0.2) is 12.3 Å². The van der Waals surface area contributed by atoms with Crippen molar-refractivity contribution in [3.8, 4) is 11.5 Å². The highest BCUT2D eigenvalue weighted by Crippen LogP contribution is 2.42. The molecular formula is C15H20IN5. The quantitative estimate of drug-likeness (QED) is 0.756. The first kappa shape index (κ1) is 14.7. The van der Waals surface area contributed by atoms with E-state index in [9.17, 15) is 0 Å². The minimum Gasteiger partial charge on any atom is -0.369 e. The zero-order valence-electron chi connectivity index (χ0n) is 12.4. The standard InChI is InChI=1S/C15H20IN5/c1-3-9-21-11(7-8-18-21)14-19-13(10-5-6-10)12(16)15(20-14)17-4-2/h7-8,10H,3-6,9H2,1-2H3,(H,17,19,20). The lowest BCUT2D eigenvalue weighted by Crippen LogP contribution is -2.10. The van der Waals surface area contributed by atoms with Crippen LogP contribution in [0.3, 0.4) is 0 Å².